The van der Waals surface area contributed by atoms with E-state index in [2.05, 4.69) is 4.57 Å². The lowest BCUT2D eigenvalue weighted by molar-refractivity contribution is -0.384. The van der Waals surface area contributed by atoms with Crippen LogP contribution in [0, 0.1) is 10.1 Å². The van der Waals surface area contributed by atoms with Gasteiger partial charge in [0.05, 0.1) is 21.5 Å². The Morgan fingerprint density at radius 3 is 2.61 bits per heavy atom. The molecule has 0 bridgehead atoms. The molecule has 0 unspecified atom stereocenters. The number of hydrogen-bond acceptors (Lipinski definition) is 5. The largest absolute Gasteiger partial charge is 0.478 e. The van der Waals surface area contributed by atoms with Gasteiger partial charge in [-0.2, -0.15) is 0 Å². The maximum Gasteiger partial charge on any atom is 0.335 e. The Balaban J connectivity index is 1.63. The third-order valence-electron chi connectivity index (χ3n) is 5.79. The zero-order valence-corrected chi connectivity index (χ0v) is 16.5. The quantitative estimate of drug-likeness (QED) is 0.330. The zero-order valence-electron chi connectivity index (χ0n) is 16.5. The number of nitro benzene ring substituents is 1. The SMILES string of the molecule is O=C(O)c1ccc2c(c1)nc(-c1ccc(-c3cccc([N+](=O)[O-])c3)o1)n2C1CCCC1. The number of carboxylic acids is 1. The molecule has 31 heavy (non-hydrogen) atoms. The molecule has 0 atom stereocenters. The van der Waals surface area contributed by atoms with Gasteiger partial charge >= 0.3 is 5.97 Å². The summed E-state index contributed by atoms with van der Waals surface area (Å²) in [6.45, 7) is 0. The third kappa shape index (κ3) is 3.35. The number of aromatic nitrogens is 2. The van der Waals surface area contributed by atoms with Crippen LogP contribution in [0.3, 0.4) is 0 Å². The molecule has 1 saturated carbocycles. The Labute approximate surface area is 176 Å². The van der Waals surface area contributed by atoms with Gasteiger partial charge in [-0.15, -0.1) is 0 Å². The van der Waals surface area contributed by atoms with E-state index in [-0.39, 0.29) is 17.3 Å². The number of imidazole rings is 1. The second kappa shape index (κ2) is 7.39. The monoisotopic (exact) mass is 417 g/mol. The van der Waals surface area contributed by atoms with Crippen molar-refractivity contribution < 1.29 is 19.2 Å². The van der Waals surface area contributed by atoms with Crippen molar-refractivity contribution in [3.63, 3.8) is 0 Å². The van der Waals surface area contributed by atoms with Gasteiger partial charge in [-0.25, -0.2) is 9.78 Å². The second-order valence-electron chi connectivity index (χ2n) is 7.72. The highest BCUT2D eigenvalue weighted by molar-refractivity contribution is 5.93. The molecule has 1 N–H and O–H groups in total. The van der Waals surface area contributed by atoms with Crippen molar-refractivity contribution >= 4 is 22.7 Å². The number of aromatic carboxylic acids is 1. The Morgan fingerprint density at radius 2 is 1.87 bits per heavy atom. The van der Waals surface area contributed by atoms with Gasteiger partial charge in [-0.05, 0) is 43.2 Å². The fourth-order valence-corrected chi connectivity index (χ4v) is 4.32. The Kier molecular flexibility index (Phi) is 4.54. The molecule has 8 heteroatoms. The van der Waals surface area contributed by atoms with Gasteiger partial charge in [0.15, 0.2) is 11.6 Å². The number of carboxylic acid groups (broad SMARTS) is 1. The number of furan rings is 1. The predicted molar refractivity (Wildman–Crippen MR) is 114 cm³/mol. The van der Waals surface area contributed by atoms with E-state index in [0.717, 1.165) is 31.2 Å². The Morgan fingerprint density at radius 1 is 1.10 bits per heavy atom. The van der Waals surface area contributed by atoms with Gasteiger partial charge in [-0.1, -0.05) is 25.0 Å². The first-order valence-electron chi connectivity index (χ1n) is 10.1. The molecule has 4 aromatic rings. The average molecular weight is 417 g/mol. The van der Waals surface area contributed by atoms with Crippen molar-refractivity contribution in [3.8, 4) is 22.9 Å². The highest BCUT2D eigenvalue weighted by Crippen LogP contribution is 2.38. The lowest BCUT2D eigenvalue weighted by Gasteiger charge is -2.15. The smallest absolute Gasteiger partial charge is 0.335 e. The van der Waals surface area contributed by atoms with Crippen LogP contribution >= 0.6 is 0 Å². The maximum atomic E-state index is 11.4. The van der Waals surface area contributed by atoms with Gasteiger partial charge in [-0.3, -0.25) is 10.1 Å². The van der Waals surface area contributed by atoms with Crippen LogP contribution in [0.5, 0.6) is 0 Å². The van der Waals surface area contributed by atoms with E-state index in [1.807, 2.05) is 0 Å². The summed E-state index contributed by atoms with van der Waals surface area (Å²) in [5, 5.41) is 20.4. The normalized spacial score (nSPS) is 14.3. The van der Waals surface area contributed by atoms with E-state index < -0.39 is 10.9 Å². The Hall–Kier alpha value is -3.94. The number of rotatable bonds is 5. The molecule has 8 nitrogen and oxygen atoms in total. The summed E-state index contributed by atoms with van der Waals surface area (Å²) in [5.41, 5.74) is 2.27. The van der Waals surface area contributed by atoms with Crippen LogP contribution in [0.15, 0.2) is 59.0 Å². The minimum atomic E-state index is -0.996. The molecule has 156 valence electrons. The molecule has 2 heterocycles. The van der Waals surface area contributed by atoms with Crippen molar-refractivity contribution in [3.05, 3.63) is 70.3 Å². The first-order valence-corrected chi connectivity index (χ1v) is 10.1. The molecule has 5 rings (SSSR count). The molecular formula is C23H19N3O5. The van der Waals surface area contributed by atoms with Gasteiger partial charge in [0.1, 0.15) is 5.76 Å². The molecule has 0 saturated heterocycles. The predicted octanol–water partition coefficient (Wildman–Crippen LogP) is 5.68. The van der Waals surface area contributed by atoms with Crippen molar-refractivity contribution in [1.82, 2.24) is 9.55 Å². The van der Waals surface area contributed by atoms with E-state index in [1.54, 1.807) is 42.5 Å². The van der Waals surface area contributed by atoms with E-state index in [4.69, 9.17) is 9.40 Å². The van der Waals surface area contributed by atoms with Crippen LogP contribution in [-0.2, 0) is 0 Å². The summed E-state index contributed by atoms with van der Waals surface area (Å²) in [4.78, 5) is 26.8. The standard InChI is InChI=1S/C23H19N3O5/c27-23(28)15-8-9-19-18(13-15)24-22(25(19)16-5-1-2-6-16)21-11-10-20(31-21)14-4-3-7-17(12-14)26(29)30/h3-4,7-13,16H,1-2,5-6H2,(H,27,28). The molecule has 1 fully saturated rings. The van der Waals surface area contributed by atoms with Gasteiger partial charge in [0, 0.05) is 23.7 Å². The zero-order chi connectivity index (χ0) is 21.5. The average Bonchev–Trinajstić information content (AvgIpc) is 3.51. The summed E-state index contributed by atoms with van der Waals surface area (Å²) < 4.78 is 8.22. The Bertz CT molecular complexity index is 1310. The number of benzene rings is 2. The molecular weight excluding hydrogens is 398 g/mol. The van der Waals surface area contributed by atoms with E-state index >= 15 is 0 Å². The molecule has 0 radical (unpaired) electrons. The van der Waals surface area contributed by atoms with Crippen molar-refractivity contribution in [1.29, 1.82) is 0 Å². The lowest BCUT2D eigenvalue weighted by atomic mass is 10.1. The van der Waals surface area contributed by atoms with Gasteiger partial charge in [0.25, 0.3) is 5.69 Å². The van der Waals surface area contributed by atoms with Crippen molar-refractivity contribution in [2.45, 2.75) is 31.7 Å². The van der Waals surface area contributed by atoms with E-state index in [0.29, 0.717) is 28.4 Å². The number of nitrogens with zero attached hydrogens (tertiary/aromatic N) is 3. The van der Waals surface area contributed by atoms with E-state index in [9.17, 15) is 20.0 Å². The van der Waals surface area contributed by atoms with Crippen molar-refractivity contribution in [2.75, 3.05) is 0 Å². The van der Waals surface area contributed by atoms with Crippen LogP contribution in [0.1, 0.15) is 42.1 Å². The van der Waals surface area contributed by atoms with Gasteiger partial charge < -0.3 is 14.1 Å². The number of carbonyl (C=O) groups is 1. The molecule has 1 aliphatic rings. The number of nitro groups is 1. The fraction of sp³-hybridized carbons (Fsp3) is 0.217. The third-order valence-corrected chi connectivity index (χ3v) is 5.79. The molecule has 2 aromatic heterocycles. The molecule has 0 spiro atoms. The lowest BCUT2D eigenvalue weighted by Crippen LogP contribution is -2.06. The van der Waals surface area contributed by atoms with Crippen molar-refractivity contribution in [2.24, 2.45) is 0 Å². The summed E-state index contributed by atoms with van der Waals surface area (Å²) >= 11 is 0. The fourth-order valence-electron chi connectivity index (χ4n) is 4.32. The minimum Gasteiger partial charge on any atom is -0.478 e. The minimum absolute atomic E-state index is 0.00477. The number of hydrogen-bond donors (Lipinski definition) is 1. The molecule has 2 aromatic carbocycles. The van der Waals surface area contributed by atoms with Crippen LogP contribution in [0.2, 0.25) is 0 Å². The highest BCUT2D eigenvalue weighted by atomic mass is 16.6. The first kappa shape index (κ1) is 19.0. The number of non-ortho nitro benzene ring substituents is 1. The maximum absolute atomic E-state index is 11.4. The summed E-state index contributed by atoms with van der Waals surface area (Å²) in [7, 11) is 0. The summed E-state index contributed by atoms with van der Waals surface area (Å²) in [6, 6.07) is 15.1. The summed E-state index contributed by atoms with van der Waals surface area (Å²) in [6.07, 6.45) is 4.32. The topological polar surface area (TPSA) is 111 Å². The summed E-state index contributed by atoms with van der Waals surface area (Å²) in [5.74, 6) is 0.697. The van der Waals surface area contributed by atoms with Crippen LogP contribution in [0.25, 0.3) is 33.9 Å². The molecule has 0 amide bonds. The second-order valence-corrected chi connectivity index (χ2v) is 7.72. The van der Waals surface area contributed by atoms with Crippen LogP contribution < -0.4 is 0 Å². The first-order chi connectivity index (χ1) is 15.0. The molecule has 1 aliphatic carbocycles. The van der Waals surface area contributed by atoms with E-state index in [1.165, 1.54) is 12.1 Å². The van der Waals surface area contributed by atoms with Crippen LogP contribution in [-0.4, -0.2) is 25.6 Å². The number of fused-ring (bicyclic) bond motifs is 1. The highest BCUT2D eigenvalue weighted by Gasteiger charge is 2.25. The van der Waals surface area contributed by atoms with Gasteiger partial charge in [0.2, 0.25) is 0 Å². The molecule has 0 aliphatic heterocycles. The van der Waals surface area contributed by atoms with Crippen LogP contribution in [0.4, 0.5) is 5.69 Å².